The van der Waals surface area contributed by atoms with Crippen LogP contribution in [0.3, 0.4) is 0 Å². The molecule has 25 heavy (non-hydrogen) atoms. The largest absolute Gasteiger partial charge is 0.496 e. The van der Waals surface area contributed by atoms with Crippen LogP contribution in [0.1, 0.15) is 28.8 Å². The molecule has 2 aromatic carbocycles. The highest BCUT2D eigenvalue weighted by Gasteiger charge is 2.21. The third kappa shape index (κ3) is 3.79. The van der Waals surface area contributed by atoms with Gasteiger partial charge in [0, 0.05) is 25.2 Å². The number of halogens is 1. The van der Waals surface area contributed by atoms with Crippen LogP contribution in [0.2, 0.25) is 0 Å². The summed E-state index contributed by atoms with van der Waals surface area (Å²) in [6.45, 7) is 1.04. The number of amides is 2. The number of carbonyl (C=O) groups is 2. The second-order valence-corrected chi connectivity index (χ2v) is 5.84. The highest BCUT2D eigenvalue weighted by molar-refractivity contribution is 5.97. The van der Waals surface area contributed by atoms with Crippen LogP contribution >= 0.6 is 0 Å². The van der Waals surface area contributed by atoms with Gasteiger partial charge in [0.25, 0.3) is 5.91 Å². The molecule has 1 aliphatic heterocycles. The molecule has 5 nitrogen and oxygen atoms in total. The predicted octanol–water partition coefficient (Wildman–Crippen LogP) is 2.89. The third-order valence-corrected chi connectivity index (χ3v) is 4.18. The summed E-state index contributed by atoms with van der Waals surface area (Å²) in [5.41, 5.74) is 1.91. The van der Waals surface area contributed by atoms with Crippen molar-refractivity contribution in [2.24, 2.45) is 0 Å². The maximum Gasteiger partial charge on any atom is 0.255 e. The predicted molar refractivity (Wildman–Crippen MR) is 92.2 cm³/mol. The topological polar surface area (TPSA) is 58.6 Å². The molecule has 6 heteroatoms. The molecule has 1 fully saturated rings. The molecule has 1 heterocycles. The van der Waals surface area contributed by atoms with E-state index in [9.17, 15) is 14.0 Å². The van der Waals surface area contributed by atoms with Crippen molar-refractivity contribution in [1.29, 1.82) is 0 Å². The molecular formula is C19H19FN2O3. The minimum atomic E-state index is -0.495. The number of hydrogen-bond acceptors (Lipinski definition) is 3. The monoisotopic (exact) mass is 342 g/mol. The number of rotatable bonds is 5. The molecule has 0 bridgehead atoms. The Morgan fingerprint density at radius 2 is 2.00 bits per heavy atom. The minimum absolute atomic E-state index is 0.138. The Labute approximate surface area is 145 Å². The average Bonchev–Trinajstić information content (AvgIpc) is 3.06. The first kappa shape index (κ1) is 17.0. The van der Waals surface area contributed by atoms with E-state index in [-0.39, 0.29) is 11.5 Å². The molecule has 2 aromatic rings. The van der Waals surface area contributed by atoms with Crippen LogP contribution in [0.5, 0.6) is 5.75 Å². The molecule has 3 rings (SSSR count). The van der Waals surface area contributed by atoms with Crippen molar-refractivity contribution in [3.63, 3.8) is 0 Å². The second-order valence-electron chi connectivity index (χ2n) is 5.84. The van der Waals surface area contributed by atoms with Crippen LogP contribution in [0.15, 0.2) is 42.5 Å². The summed E-state index contributed by atoms with van der Waals surface area (Å²) in [7, 11) is 1.43. The Morgan fingerprint density at radius 3 is 2.64 bits per heavy atom. The number of carbonyl (C=O) groups excluding carboxylic acids is 2. The van der Waals surface area contributed by atoms with E-state index in [2.05, 4.69) is 5.32 Å². The van der Waals surface area contributed by atoms with Gasteiger partial charge in [-0.2, -0.15) is 0 Å². The first-order chi connectivity index (χ1) is 12.1. The lowest BCUT2D eigenvalue weighted by Crippen LogP contribution is -2.24. The highest BCUT2D eigenvalue weighted by Crippen LogP contribution is 2.22. The van der Waals surface area contributed by atoms with Crippen LogP contribution in [0.25, 0.3) is 0 Å². The van der Waals surface area contributed by atoms with Crippen LogP contribution in [0, 0.1) is 5.82 Å². The van der Waals surface area contributed by atoms with Crippen molar-refractivity contribution >= 4 is 17.5 Å². The van der Waals surface area contributed by atoms with E-state index < -0.39 is 11.7 Å². The van der Waals surface area contributed by atoms with E-state index in [0.717, 1.165) is 30.3 Å². The third-order valence-electron chi connectivity index (χ3n) is 4.18. The lowest BCUT2D eigenvalue weighted by atomic mass is 10.1. The number of benzene rings is 2. The molecule has 0 aromatic heterocycles. The highest BCUT2D eigenvalue weighted by atomic mass is 19.1. The van der Waals surface area contributed by atoms with Crippen LogP contribution in [-0.2, 0) is 11.3 Å². The van der Waals surface area contributed by atoms with Crippen molar-refractivity contribution in [3.8, 4) is 5.75 Å². The van der Waals surface area contributed by atoms with Gasteiger partial charge < -0.3 is 15.0 Å². The number of nitrogens with one attached hydrogen (secondary N) is 1. The first-order valence-corrected chi connectivity index (χ1v) is 8.09. The summed E-state index contributed by atoms with van der Waals surface area (Å²) >= 11 is 0. The number of nitrogens with zero attached hydrogens (tertiary/aromatic N) is 1. The maximum atomic E-state index is 13.4. The molecule has 0 saturated carbocycles. The zero-order valence-corrected chi connectivity index (χ0v) is 13.9. The van der Waals surface area contributed by atoms with Crippen molar-refractivity contribution in [2.45, 2.75) is 19.4 Å². The van der Waals surface area contributed by atoms with Crippen molar-refractivity contribution in [2.75, 3.05) is 18.6 Å². The smallest absolute Gasteiger partial charge is 0.255 e. The molecule has 1 saturated heterocycles. The van der Waals surface area contributed by atoms with Crippen LogP contribution < -0.4 is 15.0 Å². The SMILES string of the molecule is COc1ccc(F)cc1C(=O)NCc1ccc(N2CCCC2=O)cc1. The Morgan fingerprint density at radius 1 is 1.24 bits per heavy atom. The fourth-order valence-electron chi connectivity index (χ4n) is 2.85. The van der Waals surface area contributed by atoms with E-state index in [1.165, 1.54) is 19.2 Å². The van der Waals surface area contributed by atoms with Gasteiger partial charge in [-0.05, 0) is 42.3 Å². The second kappa shape index (κ2) is 7.34. The van der Waals surface area contributed by atoms with E-state index in [4.69, 9.17) is 4.74 Å². The number of ether oxygens (including phenoxy) is 1. The zero-order chi connectivity index (χ0) is 17.8. The lowest BCUT2D eigenvalue weighted by Gasteiger charge is -2.16. The van der Waals surface area contributed by atoms with Crippen LogP contribution in [-0.4, -0.2) is 25.5 Å². The van der Waals surface area contributed by atoms with Gasteiger partial charge in [-0.3, -0.25) is 9.59 Å². The summed E-state index contributed by atoms with van der Waals surface area (Å²) in [6.07, 6.45) is 1.47. The molecule has 0 spiro atoms. The molecule has 0 radical (unpaired) electrons. The average molecular weight is 342 g/mol. The quantitative estimate of drug-likeness (QED) is 0.909. The van der Waals surface area contributed by atoms with Gasteiger partial charge in [-0.25, -0.2) is 4.39 Å². The summed E-state index contributed by atoms with van der Waals surface area (Å²) in [6, 6.07) is 11.3. The molecule has 1 N–H and O–H groups in total. The van der Waals surface area contributed by atoms with Crippen molar-refractivity contribution in [1.82, 2.24) is 5.32 Å². The van der Waals surface area contributed by atoms with Crippen molar-refractivity contribution < 1.29 is 18.7 Å². The zero-order valence-electron chi connectivity index (χ0n) is 13.9. The number of methoxy groups -OCH3 is 1. The molecule has 0 unspecified atom stereocenters. The van der Waals surface area contributed by atoms with E-state index >= 15 is 0 Å². The van der Waals surface area contributed by atoms with Crippen LogP contribution in [0.4, 0.5) is 10.1 Å². The van der Waals surface area contributed by atoms with Gasteiger partial charge in [-0.1, -0.05) is 12.1 Å². The molecule has 1 aliphatic rings. The Bertz CT molecular complexity index is 790. The van der Waals surface area contributed by atoms with Crippen molar-refractivity contribution in [3.05, 3.63) is 59.4 Å². The molecule has 0 aliphatic carbocycles. The normalized spacial score (nSPS) is 13.8. The van der Waals surface area contributed by atoms with Gasteiger partial charge in [0.05, 0.1) is 12.7 Å². The Kier molecular flexibility index (Phi) is 4.97. The van der Waals surface area contributed by atoms with E-state index in [1.54, 1.807) is 4.90 Å². The van der Waals surface area contributed by atoms with Gasteiger partial charge >= 0.3 is 0 Å². The summed E-state index contributed by atoms with van der Waals surface area (Å²) in [5, 5.41) is 2.75. The molecular weight excluding hydrogens is 323 g/mol. The minimum Gasteiger partial charge on any atom is -0.496 e. The summed E-state index contributed by atoms with van der Waals surface area (Å²) in [4.78, 5) is 25.8. The van der Waals surface area contributed by atoms with Gasteiger partial charge in [0.2, 0.25) is 5.91 Å². The first-order valence-electron chi connectivity index (χ1n) is 8.09. The lowest BCUT2D eigenvalue weighted by molar-refractivity contribution is -0.117. The maximum absolute atomic E-state index is 13.4. The Balaban J connectivity index is 1.64. The fraction of sp³-hybridized carbons (Fsp3) is 0.263. The summed E-state index contributed by atoms with van der Waals surface area (Å²) < 4.78 is 18.5. The standard InChI is InChI=1S/C19H19FN2O3/c1-25-17-9-6-14(20)11-16(17)19(24)21-12-13-4-7-15(8-5-13)22-10-2-3-18(22)23/h4-9,11H,2-3,10,12H2,1H3,(H,21,24). The van der Waals surface area contributed by atoms with Gasteiger partial charge in [-0.15, -0.1) is 0 Å². The molecule has 2 amide bonds. The van der Waals surface area contributed by atoms with Gasteiger partial charge in [0.15, 0.2) is 0 Å². The fourth-order valence-corrected chi connectivity index (χ4v) is 2.85. The number of hydrogen-bond donors (Lipinski definition) is 1. The number of anilines is 1. The van der Waals surface area contributed by atoms with E-state index in [1.807, 2.05) is 24.3 Å². The van der Waals surface area contributed by atoms with Gasteiger partial charge in [0.1, 0.15) is 11.6 Å². The van der Waals surface area contributed by atoms with E-state index in [0.29, 0.717) is 18.7 Å². The molecule has 130 valence electrons. The molecule has 0 atom stereocenters. The Hall–Kier alpha value is -2.89. The summed E-state index contributed by atoms with van der Waals surface area (Å²) in [5.74, 6) is -0.443.